The molecule has 0 bridgehead atoms. The highest BCUT2D eigenvalue weighted by molar-refractivity contribution is 4.73. The van der Waals surface area contributed by atoms with Gasteiger partial charge in [-0.2, -0.15) is 0 Å². The Balaban J connectivity index is 4.05. The molecule has 0 rings (SSSR count). The third-order valence-corrected chi connectivity index (χ3v) is 3.06. The van der Waals surface area contributed by atoms with Crippen LogP contribution in [0.2, 0.25) is 0 Å². The van der Waals surface area contributed by atoms with E-state index in [1.807, 2.05) is 7.05 Å². The molecule has 0 saturated carbocycles. The first-order valence-electron chi connectivity index (χ1n) is 6.53. The Hall–Kier alpha value is -0.160. The Morgan fingerprint density at radius 3 is 2.18 bits per heavy atom. The van der Waals surface area contributed by atoms with Crippen molar-refractivity contribution in [2.24, 2.45) is 5.92 Å². The van der Waals surface area contributed by atoms with E-state index >= 15 is 0 Å². The number of likely N-dealkylation sites (N-methyl/N-ethyl adjacent to an activating group) is 1. The van der Waals surface area contributed by atoms with Gasteiger partial charge in [0.1, 0.15) is 0 Å². The summed E-state index contributed by atoms with van der Waals surface area (Å²) in [7, 11) is 5.55. The predicted molar refractivity (Wildman–Crippen MR) is 72.5 cm³/mol. The highest BCUT2D eigenvalue weighted by Gasteiger charge is 2.15. The molecule has 0 spiro atoms. The molecule has 0 aromatic carbocycles. The van der Waals surface area contributed by atoms with E-state index < -0.39 is 0 Å². The Bertz CT molecular complexity index is 165. The minimum absolute atomic E-state index is 0.536. The van der Waals surface area contributed by atoms with Crippen LogP contribution in [0.25, 0.3) is 0 Å². The van der Waals surface area contributed by atoms with E-state index in [9.17, 15) is 0 Å². The molecule has 0 saturated heterocycles. The first kappa shape index (κ1) is 16.8. The molecule has 0 radical (unpaired) electrons. The van der Waals surface area contributed by atoms with Crippen LogP contribution < -0.4 is 5.32 Å². The van der Waals surface area contributed by atoms with Gasteiger partial charge in [-0.05, 0) is 19.4 Å². The smallest absolute Gasteiger partial charge is 0.0589 e. The highest BCUT2D eigenvalue weighted by Crippen LogP contribution is 2.04. The van der Waals surface area contributed by atoms with Gasteiger partial charge in [0.25, 0.3) is 0 Å². The number of ether oxygens (including phenoxy) is 2. The summed E-state index contributed by atoms with van der Waals surface area (Å²) in [4.78, 5) is 2.45. The number of nitrogens with zero attached hydrogens (tertiary/aromatic N) is 1. The molecule has 4 nitrogen and oxygen atoms in total. The topological polar surface area (TPSA) is 33.7 Å². The van der Waals surface area contributed by atoms with Crippen molar-refractivity contribution in [2.75, 3.05) is 54.1 Å². The average molecular weight is 246 g/mol. The van der Waals surface area contributed by atoms with Crippen molar-refractivity contribution in [2.45, 2.75) is 26.3 Å². The fraction of sp³-hybridized carbons (Fsp3) is 1.00. The van der Waals surface area contributed by atoms with Gasteiger partial charge in [-0.3, -0.25) is 4.90 Å². The lowest BCUT2D eigenvalue weighted by Gasteiger charge is -2.29. The first-order valence-corrected chi connectivity index (χ1v) is 6.53. The molecular weight excluding hydrogens is 216 g/mol. The van der Waals surface area contributed by atoms with E-state index in [4.69, 9.17) is 9.47 Å². The zero-order valence-corrected chi connectivity index (χ0v) is 12.2. The van der Waals surface area contributed by atoms with Crippen LogP contribution in [-0.2, 0) is 9.47 Å². The number of hydrogen-bond donors (Lipinski definition) is 1. The van der Waals surface area contributed by atoms with Crippen LogP contribution >= 0.6 is 0 Å². The Kier molecular flexibility index (Phi) is 10.9. The Labute approximate surface area is 107 Å². The second-order valence-corrected chi connectivity index (χ2v) is 4.78. The fourth-order valence-corrected chi connectivity index (χ4v) is 1.86. The van der Waals surface area contributed by atoms with E-state index in [1.54, 1.807) is 14.2 Å². The van der Waals surface area contributed by atoms with Crippen molar-refractivity contribution in [1.82, 2.24) is 10.2 Å². The number of nitrogens with one attached hydrogen (secondary N) is 1. The molecule has 0 aliphatic heterocycles. The molecule has 0 aliphatic rings. The summed E-state index contributed by atoms with van der Waals surface area (Å²) >= 11 is 0. The van der Waals surface area contributed by atoms with E-state index in [0.717, 1.165) is 39.3 Å². The largest absolute Gasteiger partial charge is 0.385 e. The molecule has 0 aromatic rings. The maximum Gasteiger partial charge on any atom is 0.0589 e. The summed E-state index contributed by atoms with van der Waals surface area (Å²) in [6.45, 7) is 9.26. The first-order chi connectivity index (χ1) is 8.15. The molecule has 1 unspecified atom stereocenters. The maximum atomic E-state index is 5.16. The van der Waals surface area contributed by atoms with Gasteiger partial charge >= 0.3 is 0 Å². The summed E-state index contributed by atoms with van der Waals surface area (Å²) < 4.78 is 10.3. The monoisotopic (exact) mass is 246 g/mol. The molecule has 1 atom stereocenters. The second kappa shape index (κ2) is 11.0. The van der Waals surface area contributed by atoms with Crippen LogP contribution in [-0.4, -0.2) is 65.1 Å². The van der Waals surface area contributed by atoms with E-state index in [1.165, 1.54) is 0 Å². The molecule has 1 N–H and O–H groups in total. The van der Waals surface area contributed by atoms with Crippen LogP contribution in [0.1, 0.15) is 20.3 Å². The summed E-state index contributed by atoms with van der Waals surface area (Å²) in [6.07, 6.45) is 1.08. The molecule has 0 aliphatic carbocycles. The van der Waals surface area contributed by atoms with Crippen molar-refractivity contribution in [3.05, 3.63) is 0 Å². The van der Waals surface area contributed by atoms with Gasteiger partial charge in [0.15, 0.2) is 0 Å². The normalized spacial score (nSPS) is 13.6. The van der Waals surface area contributed by atoms with Gasteiger partial charge in [0.2, 0.25) is 0 Å². The lowest BCUT2D eigenvalue weighted by atomic mass is 10.0. The summed E-state index contributed by atoms with van der Waals surface area (Å²) in [6, 6.07) is 0.536. The summed E-state index contributed by atoms with van der Waals surface area (Å²) in [5.74, 6) is 0.646. The zero-order valence-electron chi connectivity index (χ0n) is 12.2. The van der Waals surface area contributed by atoms with E-state index in [-0.39, 0.29) is 0 Å². The predicted octanol–water partition coefficient (Wildman–Crippen LogP) is 1.22. The van der Waals surface area contributed by atoms with Gasteiger partial charge in [-0.1, -0.05) is 13.8 Å². The minimum atomic E-state index is 0.536. The summed E-state index contributed by atoms with van der Waals surface area (Å²) in [5.41, 5.74) is 0. The van der Waals surface area contributed by atoms with Crippen molar-refractivity contribution in [3.8, 4) is 0 Å². The second-order valence-electron chi connectivity index (χ2n) is 4.78. The lowest BCUT2D eigenvalue weighted by Crippen LogP contribution is -2.44. The van der Waals surface area contributed by atoms with Crippen molar-refractivity contribution >= 4 is 0 Å². The highest BCUT2D eigenvalue weighted by atomic mass is 16.5. The zero-order chi connectivity index (χ0) is 13.1. The molecule has 104 valence electrons. The van der Waals surface area contributed by atoms with Gasteiger partial charge in [-0.25, -0.2) is 0 Å². The van der Waals surface area contributed by atoms with Crippen LogP contribution in [0.5, 0.6) is 0 Å². The van der Waals surface area contributed by atoms with Crippen molar-refractivity contribution in [3.63, 3.8) is 0 Å². The SMILES string of the molecule is CNC(CN(CCCOC)CCOC)C(C)C. The quantitative estimate of drug-likeness (QED) is 0.556. The number of methoxy groups -OCH3 is 2. The van der Waals surface area contributed by atoms with Crippen molar-refractivity contribution in [1.29, 1.82) is 0 Å². The van der Waals surface area contributed by atoms with Gasteiger partial charge < -0.3 is 14.8 Å². The molecular formula is C13H30N2O2. The standard InChI is InChI=1S/C13H30N2O2/c1-12(2)13(14-3)11-15(8-10-17-5)7-6-9-16-4/h12-14H,6-11H2,1-5H3. The van der Waals surface area contributed by atoms with Gasteiger partial charge in [0, 0.05) is 46.5 Å². The Morgan fingerprint density at radius 1 is 1.06 bits per heavy atom. The number of hydrogen-bond acceptors (Lipinski definition) is 4. The van der Waals surface area contributed by atoms with Gasteiger partial charge in [-0.15, -0.1) is 0 Å². The molecule has 17 heavy (non-hydrogen) atoms. The summed E-state index contributed by atoms with van der Waals surface area (Å²) in [5, 5.41) is 3.39. The molecule has 4 heteroatoms. The van der Waals surface area contributed by atoms with Crippen LogP contribution in [0.15, 0.2) is 0 Å². The van der Waals surface area contributed by atoms with Crippen molar-refractivity contribution < 1.29 is 9.47 Å². The van der Waals surface area contributed by atoms with Gasteiger partial charge in [0.05, 0.1) is 6.61 Å². The van der Waals surface area contributed by atoms with Crippen LogP contribution in [0.4, 0.5) is 0 Å². The van der Waals surface area contributed by atoms with Crippen LogP contribution in [0.3, 0.4) is 0 Å². The number of rotatable bonds is 11. The third-order valence-electron chi connectivity index (χ3n) is 3.06. The molecule has 0 heterocycles. The fourth-order valence-electron chi connectivity index (χ4n) is 1.86. The maximum absolute atomic E-state index is 5.16. The Morgan fingerprint density at radius 2 is 1.71 bits per heavy atom. The van der Waals surface area contributed by atoms with Crippen LogP contribution in [0, 0.1) is 5.92 Å². The molecule has 0 amide bonds. The minimum Gasteiger partial charge on any atom is -0.385 e. The van der Waals surface area contributed by atoms with E-state index in [2.05, 4.69) is 24.1 Å². The lowest BCUT2D eigenvalue weighted by molar-refractivity contribution is 0.122. The average Bonchev–Trinajstić information content (AvgIpc) is 2.31. The molecule has 0 fully saturated rings. The molecule has 0 aromatic heterocycles. The van der Waals surface area contributed by atoms with E-state index in [0.29, 0.717) is 12.0 Å². The third kappa shape index (κ3) is 8.55.